The number of hydrogen-bond acceptors (Lipinski definition) is 4. The maximum atomic E-state index is 5.32. The van der Waals surface area contributed by atoms with Crippen molar-refractivity contribution in [2.45, 2.75) is 19.2 Å². The van der Waals surface area contributed by atoms with Crippen LogP contribution >= 0.6 is 0 Å². The summed E-state index contributed by atoms with van der Waals surface area (Å²) in [5, 5.41) is 6.22. The molecule has 0 saturated carbocycles. The first-order valence-electron chi connectivity index (χ1n) is 5.28. The Morgan fingerprint density at radius 3 is 2.69 bits per heavy atom. The Bertz CT molecular complexity index is 362. The molecule has 86 valence electrons. The van der Waals surface area contributed by atoms with Crippen LogP contribution in [0.3, 0.4) is 0 Å². The lowest BCUT2D eigenvalue weighted by Gasteiger charge is -2.22. The van der Waals surface area contributed by atoms with Crippen molar-refractivity contribution in [1.29, 1.82) is 0 Å². The van der Waals surface area contributed by atoms with Crippen LogP contribution in [0, 0.1) is 0 Å². The molecule has 1 unspecified atom stereocenters. The van der Waals surface area contributed by atoms with Gasteiger partial charge in [-0.3, -0.25) is 5.01 Å². The van der Waals surface area contributed by atoms with Gasteiger partial charge in [0.05, 0.1) is 13.7 Å². The van der Waals surface area contributed by atoms with Gasteiger partial charge in [0.15, 0.2) is 6.23 Å². The van der Waals surface area contributed by atoms with Crippen LogP contribution in [-0.2, 0) is 11.3 Å². The fourth-order valence-electron chi connectivity index (χ4n) is 1.72. The second-order valence-electron chi connectivity index (χ2n) is 3.67. The maximum absolute atomic E-state index is 5.32. The molecular formula is C12H16N2O2. The van der Waals surface area contributed by atoms with Crippen molar-refractivity contribution < 1.29 is 9.47 Å². The lowest BCUT2D eigenvalue weighted by molar-refractivity contribution is -0.0187. The highest BCUT2D eigenvalue weighted by atomic mass is 16.5. The molecule has 0 amide bonds. The first-order valence-corrected chi connectivity index (χ1v) is 5.28. The van der Waals surface area contributed by atoms with Gasteiger partial charge in [-0.05, 0) is 17.7 Å². The number of hydrogen-bond donors (Lipinski definition) is 0. The van der Waals surface area contributed by atoms with E-state index >= 15 is 0 Å². The van der Waals surface area contributed by atoms with Crippen LogP contribution < -0.4 is 4.74 Å². The fourth-order valence-corrected chi connectivity index (χ4v) is 1.72. The molecule has 2 rings (SSSR count). The molecule has 0 saturated heterocycles. The smallest absolute Gasteiger partial charge is 0.150 e. The van der Waals surface area contributed by atoms with Crippen LogP contribution in [0.25, 0.3) is 0 Å². The highest BCUT2D eigenvalue weighted by molar-refractivity contribution is 5.59. The van der Waals surface area contributed by atoms with Gasteiger partial charge in [0.2, 0.25) is 0 Å². The molecule has 0 fully saturated rings. The van der Waals surface area contributed by atoms with Crippen LogP contribution in [0.5, 0.6) is 5.75 Å². The van der Waals surface area contributed by atoms with Gasteiger partial charge < -0.3 is 9.47 Å². The zero-order valence-corrected chi connectivity index (χ0v) is 9.59. The Hall–Kier alpha value is -1.55. The number of ether oxygens (including phenoxy) is 2. The van der Waals surface area contributed by atoms with E-state index in [1.807, 2.05) is 35.5 Å². The van der Waals surface area contributed by atoms with Crippen LogP contribution in [0.15, 0.2) is 29.4 Å². The van der Waals surface area contributed by atoms with Crippen LogP contribution in [0.2, 0.25) is 0 Å². The maximum Gasteiger partial charge on any atom is 0.150 e. The normalized spacial score (nSPS) is 19.1. The van der Waals surface area contributed by atoms with E-state index in [0.717, 1.165) is 18.7 Å². The number of benzene rings is 1. The molecular weight excluding hydrogens is 204 g/mol. The Morgan fingerprint density at radius 2 is 2.06 bits per heavy atom. The van der Waals surface area contributed by atoms with E-state index in [1.54, 1.807) is 14.2 Å². The topological polar surface area (TPSA) is 34.1 Å². The predicted molar refractivity (Wildman–Crippen MR) is 62.4 cm³/mol. The van der Waals surface area contributed by atoms with Crippen LogP contribution in [-0.4, -0.2) is 31.7 Å². The molecule has 0 spiro atoms. The zero-order chi connectivity index (χ0) is 11.4. The summed E-state index contributed by atoms with van der Waals surface area (Å²) in [6.07, 6.45) is 2.81. The largest absolute Gasteiger partial charge is 0.497 e. The third-order valence-electron chi connectivity index (χ3n) is 2.65. The molecule has 16 heavy (non-hydrogen) atoms. The lowest BCUT2D eigenvalue weighted by atomic mass is 10.2. The summed E-state index contributed by atoms with van der Waals surface area (Å²) < 4.78 is 10.4. The Morgan fingerprint density at radius 1 is 1.31 bits per heavy atom. The van der Waals surface area contributed by atoms with E-state index in [1.165, 1.54) is 5.56 Å². The lowest BCUT2D eigenvalue weighted by Crippen LogP contribution is -2.27. The Balaban J connectivity index is 2.00. The summed E-state index contributed by atoms with van der Waals surface area (Å²) in [7, 11) is 3.38. The predicted octanol–water partition coefficient (Wildman–Crippen LogP) is 1.86. The molecule has 1 aromatic carbocycles. The molecule has 1 heterocycles. The molecule has 1 aliphatic heterocycles. The number of nitrogens with zero attached hydrogens (tertiary/aromatic N) is 2. The average Bonchev–Trinajstić information content (AvgIpc) is 2.77. The average molecular weight is 220 g/mol. The van der Waals surface area contributed by atoms with Gasteiger partial charge in [-0.2, -0.15) is 5.10 Å². The van der Waals surface area contributed by atoms with Crippen molar-refractivity contribution in [1.82, 2.24) is 5.01 Å². The van der Waals surface area contributed by atoms with Gasteiger partial charge in [-0.1, -0.05) is 12.1 Å². The van der Waals surface area contributed by atoms with Crippen molar-refractivity contribution in [3.8, 4) is 5.75 Å². The first kappa shape index (κ1) is 11.0. The van der Waals surface area contributed by atoms with E-state index in [-0.39, 0.29) is 6.23 Å². The van der Waals surface area contributed by atoms with Gasteiger partial charge in [0.1, 0.15) is 5.75 Å². The Kier molecular flexibility index (Phi) is 3.41. The molecule has 0 aromatic heterocycles. The van der Waals surface area contributed by atoms with E-state index < -0.39 is 0 Å². The minimum Gasteiger partial charge on any atom is -0.497 e. The molecule has 0 radical (unpaired) electrons. The highest BCUT2D eigenvalue weighted by Crippen LogP contribution is 2.17. The third-order valence-corrected chi connectivity index (χ3v) is 2.65. The fraction of sp³-hybridized carbons (Fsp3) is 0.417. The minimum atomic E-state index is 0.0714. The van der Waals surface area contributed by atoms with Crippen LogP contribution in [0.4, 0.5) is 0 Å². The summed E-state index contributed by atoms with van der Waals surface area (Å²) in [6, 6.07) is 7.99. The van der Waals surface area contributed by atoms with Crippen molar-refractivity contribution in [3.63, 3.8) is 0 Å². The summed E-state index contributed by atoms with van der Waals surface area (Å²) >= 11 is 0. The zero-order valence-electron chi connectivity index (χ0n) is 9.59. The van der Waals surface area contributed by atoms with E-state index in [9.17, 15) is 0 Å². The van der Waals surface area contributed by atoms with Crippen molar-refractivity contribution >= 4 is 6.21 Å². The molecule has 0 bridgehead atoms. The number of methoxy groups -OCH3 is 2. The highest BCUT2D eigenvalue weighted by Gasteiger charge is 2.19. The number of hydrazone groups is 1. The molecule has 0 aliphatic carbocycles. The second kappa shape index (κ2) is 4.99. The summed E-state index contributed by atoms with van der Waals surface area (Å²) in [5.74, 6) is 0.872. The molecule has 0 N–H and O–H groups in total. The molecule has 1 atom stereocenters. The summed E-state index contributed by atoms with van der Waals surface area (Å²) in [5.41, 5.74) is 1.20. The van der Waals surface area contributed by atoms with E-state index in [0.29, 0.717) is 0 Å². The first-order chi connectivity index (χ1) is 7.83. The van der Waals surface area contributed by atoms with Gasteiger partial charge in [-0.15, -0.1) is 0 Å². The summed E-state index contributed by atoms with van der Waals surface area (Å²) in [4.78, 5) is 0. The molecule has 1 aliphatic rings. The SMILES string of the molecule is COc1ccc(CN2N=CCC2OC)cc1. The minimum absolute atomic E-state index is 0.0714. The number of rotatable bonds is 4. The second-order valence-corrected chi connectivity index (χ2v) is 3.67. The summed E-state index contributed by atoms with van der Waals surface area (Å²) in [6.45, 7) is 0.763. The molecule has 4 nitrogen and oxygen atoms in total. The van der Waals surface area contributed by atoms with Gasteiger partial charge in [0, 0.05) is 19.7 Å². The van der Waals surface area contributed by atoms with Gasteiger partial charge in [0.25, 0.3) is 0 Å². The Labute approximate surface area is 95.5 Å². The van der Waals surface area contributed by atoms with Gasteiger partial charge in [-0.25, -0.2) is 0 Å². The van der Waals surface area contributed by atoms with Crippen molar-refractivity contribution in [3.05, 3.63) is 29.8 Å². The molecule has 4 heteroatoms. The monoisotopic (exact) mass is 220 g/mol. The van der Waals surface area contributed by atoms with Gasteiger partial charge >= 0.3 is 0 Å². The van der Waals surface area contributed by atoms with Crippen LogP contribution in [0.1, 0.15) is 12.0 Å². The van der Waals surface area contributed by atoms with Crippen molar-refractivity contribution in [2.75, 3.05) is 14.2 Å². The third kappa shape index (κ3) is 2.33. The standard InChI is InChI=1S/C12H16N2O2/c1-15-11-5-3-10(4-6-11)9-14-12(16-2)7-8-13-14/h3-6,8,12H,7,9H2,1-2H3. The van der Waals surface area contributed by atoms with E-state index in [2.05, 4.69) is 5.10 Å². The van der Waals surface area contributed by atoms with E-state index in [4.69, 9.17) is 9.47 Å². The quantitative estimate of drug-likeness (QED) is 0.776. The molecule has 1 aromatic rings. The van der Waals surface area contributed by atoms with Crippen molar-refractivity contribution in [2.24, 2.45) is 5.10 Å².